The summed E-state index contributed by atoms with van der Waals surface area (Å²) >= 11 is 12.8. The van der Waals surface area contributed by atoms with E-state index in [-0.39, 0.29) is 33.0 Å². The highest BCUT2D eigenvalue weighted by Crippen LogP contribution is 2.32. The summed E-state index contributed by atoms with van der Waals surface area (Å²) in [6, 6.07) is 4.52. The summed E-state index contributed by atoms with van der Waals surface area (Å²) in [7, 11) is 0. The molecular weight excluding hydrogens is 481 g/mol. The maximum atomic E-state index is 13.3. The van der Waals surface area contributed by atoms with Crippen molar-refractivity contribution in [1.82, 2.24) is 20.2 Å². The number of rotatable bonds is 7. The Morgan fingerprint density at radius 3 is 2.56 bits per heavy atom. The molecule has 0 bridgehead atoms. The Morgan fingerprint density at radius 1 is 1.18 bits per heavy atom. The van der Waals surface area contributed by atoms with Crippen molar-refractivity contribution in [2.45, 2.75) is 6.92 Å². The number of aromatic amines is 1. The zero-order valence-corrected chi connectivity index (χ0v) is 19.9. The summed E-state index contributed by atoms with van der Waals surface area (Å²) in [6.45, 7) is 5.60. The maximum Gasteiger partial charge on any atom is 0.251 e. The highest BCUT2D eigenvalue weighted by atomic mass is 35.5. The van der Waals surface area contributed by atoms with Gasteiger partial charge in [0.05, 0.1) is 34.3 Å². The van der Waals surface area contributed by atoms with Crippen molar-refractivity contribution in [3.63, 3.8) is 0 Å². The first-order valence-electron chi connectivity index (χ1n) is 10.7. The summed E-state index contributed by atoms with van der Waals surface area (Å²) in [6.07, 6.45) is 3.00. The van der Waals surface area contributed by atoms with E-state index in [1.54, 1.807) is 6.07 Å². The van der Waals surface area contributed by atoms with E-state index in [1.165, 1.54) is 31.5 Å². The van der Waals surface area contributed by atoms with Gasteiger partial charge in [0, 0.05) is 62.0 Å². The lowest BCUT2D eigenvalue weighted by Crippen LogP contribution is -2.41. The van der Waals surface area contributed by atoms with Crippen molar-refractivity contribution in [3.8, 4) is 0 Å². The van der Waals surface area contributed by atoms with Gasteiger partial charge < -0.3 is 20.4 Å². The number of hydrogen-bond donors (Lipinski definition) is 3. The lowest BCUT2D eigenvalue weighted by atomic mass is 10.0. The van der Waals surface area contributed by atoms with Gasteiger partial charge in [0.2, 0.25) is 5.91 Å². The topological polar surface area (TPSA) is 116 Å². The van der Waals surface area contributed by atoms with E-state index in [1.807, 2.05) is 0 Å². The number of pyridine rings is 1. The number of benzene rings is 1. The summed E-state index contributed by atoms with van der Waals surface area (Å²) in [5.74, 6) is -0.715. The van der Waals surface area contributed by atoms with Crippen LogP contribution in [-0.4, -0.2) is 71.9 Å². The first kappa shape index (κ1) is 24.2. The Morgan fingerprint density at radius 2 is 1.88 bits per heavy atom. The number of fused-ring (bicyclic) bond motifs is 1. The second-order valence-electron chi connectivity index (χ2n) is 7.82. The van der Waals surface area contributed by atoms with E-state index in [2.05, 4.69) is 25.5 Å². The molecule has 3 N–H and O–H groups in total. The molecule has 1 aromatic carbocycles. The number of anilines is 1. The predicted molar refractivity (Wildman–Crippen MR) is 130 cm³/mol. The number of hydrogen-bond acceptors (Lipinski definition) is 6. The largest absolute Gasteiger partial charge is 0.379 e. The molecule has 0 unspecified atom stereocenters. The Kier molecular flexibility index (Phi) is 7.47. The van der Waals surface area contributed by atoms with Crippen LogP contribution in [0.3, 0.4) is 0 Å². The number of H-pyrrole nitrogens is 1. The molecule has 0 aliphatic carbocycles. The number of nitrogens with zero attached hydrogens (tertiary/aromatic N) is 2. The molecule has 4 rings (SSSR count). The fraction of sp³-hybridized carbons (Fsp3) is 0.304. The van der Waals surface area contributed by atoms with Crippen LogP contribution in [-0.2, 0) is 9.53 Å². The molecule has 0 saturated carbocycles. The molecular formula is C23H23Cl2N5O4. The van der Waals surface area contributed by atoms with Crippen LogP contribution in [0.15, 0.2) is 30.6 Å². The zero-order valence-electron chi connectivity index (χ0n) is 18.4. The Labute approximate surface area is 205 Å². The number of ether oxygens (including phenoxy) is 1. The van der Waals surface area contributed by atoms with Crippen molar-refractivity contribution < 1.29 is 19.1 Å². The lowest BCUT2D eigenvalue weighted by Gasteiger charge is -2.26. The van der Waals surface area contributed by atoms with Gasteiger partial charge in [-0.2, -0.15) is 0 Å². The van der Waals surface area contributed by atoms with Crippen LogP contribution in [0.4, 0.5) is 5.82 Å². The van der Waals surface area contributed by atoms with Crippen LogP contribution in [0.1, 0.15) is 33.2 Å². The molecule has 11 heteroatoms. The monoisotopic (exact) mass is 503 g/mol. The van der Waals surface area contributed by atoms with E-state index >= 15 is 0 Å². The van der Waals surface area contributed by atoms with Gasteiger partial charge in [0.25, 0.3) is 5.91 Å². The second kappa shape index (κ2) is 10.5. The average molecular weight is 504 g/mol. The third-order valence-corrected chi connectivity index (χ3v) is 6.09. The first-order chi connectivity index (χ1) is 16.3. The number of amides is 2. The summed E-state index contributed by atoms with van der Waals surface area (Å²) < 4.78 is 5.32. The van der Waals surface area contributed by atoms with Gasteiger partial charge in [0.15, 0.2) is 11.6 Å². The Hall–Kier alpha value is -2.98. The maximum absolute atomic E-state index is 13.3. The molecule has 34 heavy (non-hydrogen) atoms. The molecule has 1 fully saturated rings. The number of nitrogens with one attached hydrogen (secondary N) is 3. The molecule has 1 saturated heterocycles. The molecule has 0 atom stereocenters. The Bertz CT molecular complexity index is 1230. The Balaban J connectivity index is 1.52. The molecule has 3 aromatic rings. The van der Waals surface area contributed by atoms with Crippen molar-refractivity contribution in [2.24, 2.45) is 0 Å². The number of morpholine rings is 1. The fourth-order valence-electron chi connectivity index (χ4n) is 3.81. The SMILES string of the molecule is CC(=O)Nc1nccc2c(C(=O)c3c(Cl)cc(C(=O)NCCN4CCOCC4)cc3Cl)c[nH]c12. The van der Waals surface area contributed by atoms with Gasteiger partial charge in [-0.25, -0.2) is 4.98 Å². The predicted octanol–water partition coefficient (Wildman–Crippen LogP) is 3.12. The highest BCUT2D eigenvalue weighted by molar-refractivity contribution is 6.42. The van der Waals surface area contributed by atoms with Crippen LogP contribution >= 0.6 is 23.2 Å². The van der Waals surface area contributed by atoms with Crippen LogP contribution in [0, 0.1) is 0 Å². The van der Waals surface area contributed by atoms with Crippen molar-refractivity contribution in [2.75, 3.05) is 44.7 Å². The molecule has 0 spiro atoms. The standard InChI is InChI=1S/C23H23Cl2N5O4/c1-13(31)29-22-20-15(2-3-26-22)16(12-28-20)21(32)19-17(24)10-14(11-18(19)25)23(33)27-4-5-30-6-8-34-9-7-30/h2-3,10-12,28H,4-9H2,1H3,(H,27,33)(H,26,29,31). The summed E-state index contributed by atoms with van der Waals surface area (Å²) in [5.41, 5.74) is 1.18. The van der Waals surface area contributed by atoms with Gasteiger partial charge in [-0.05, 0) is 18.2 Å². The van der Waals surface area contributed by atoms with Gasteiger partial charge >= 0.3 is 0 Å². The van der Waals surface area contributed by atoms with Gasteiger partial charge in [-0.3, -0.25) is 19.3 Å². The summed E-state index contributed by atoms with van der Waals surface area (Å²) in [5, 5.41) is 6.17. The van der Waals surface area contributed by atoms with Gasteiger partial charge in [-0.15, -0.1) is 0 Å². The van der Waals surface area contributed by atoms with Crippen LogP contribution in [0.25, 0.3) is 10.9 Å². The molecule has 1 aliphatic rings. The number of halogens is 2. The highest BCUT2D eigenvalue weighted by Gasteiger charge is 2.23. The molecule has 3 heterocycles. The van der Waals surface area contributed by atoms with E-state index in [0.29, 0.717) is 48.6 Å². The number of aromatic nitrogens is 2. The van der Waals surface area contributed by atoms with Crippen LogP contribution in [0.5, 0.6) is 0 Å². The first-order valence-corrected chi connectivity index (χ1v) is 11.5. The van der Waals surface area contributed by atoms with Gasteiger partial charge in [-0.1, -0.05) is 23.2 Å². The molecule has 2 amide bonds. The quantitative estimate of drug-likeness (QED) is 0.426. The van der Waals surface area contributed by atoms with E-state index < -0.39 is 5.78 Å². The molecule has 178 valence electrons. The average Bonchev–Trinajstić information content (AvgIpc) is 3.24. The second-order valence-corrected chi connectivity index (χ2v) is 8.63. The van der Waals surface area contributed by atoms with E-state index in [4.69, 9.17) is 27.9 Å². The molecule has 0 radical (unpaired) electrons. The van der Waals surface area contributed by atoms with Crippen LogP contribution < -0.4 is 10.6 Å². The minimum atomic E-state index is -0.416. The third-order valence-electron chi connectivity index (χ3n) is 5.49. The molecule has 1 aliphatic heterocycles. The number of carbonyl (C=O) groups excluding carboxylic acids is 3. The number of ketones is 1. The lowest BCUT2D eigenvalue weighted by molar-refractivity contribution is -0.114. The molecule has 9 nitrogen and oxygen atoms in total. The van der Waals surface area contributed by atoms with Gasteiger partial charge in [0.1, 0.15) is 0 Å². The van der Waals surface area contributed by atoms with Crippen molar-refractivity contribution >= 4 is 57.5 Å². The minimum Gasteiger partial charge on any atom is -0.379 e. The normalized spacial score (nSPS) is 14.2. The minimum absolute atomic E-state index is 0.0707. The van der Waals surface area contributed by atoms with Crippen molar-refractivity contribution in [3.05, 3.63) is 57.3 Å². The fourth-order valence-corrected chi connectivity index (χ4v) is 4.47. The zero-order chi connectivity index (χ0) is 24.2. The van der Waals surface area contributed by atoms with E-state index in [9.17, 15) is 14.4 Å². The number of carbonyl (C=O) groups is 3. The van der Waals surface area contributed by atoms with E-state index in [0.717, 1.165) is 13.1 Å². The van der Waals surface area contributed by atoms with Crippen LogP contribution in [0.2, 0.25) is 10.0 Å². The summed E-state index contributed by atoms with van der Waals surface area (Å²) in [4.78, 5) is 46.7. The molecule has 2 aromatic heterocycles. The third kappa shape index (κ3) is 5.23. The smallest absolute Gasteiger partial charge is 0.251 e. The van der Waals surface area contributed by atoms with Crippen molar-refractivity contribution in [1.29, 1.82) is 0 Å².